The zero-order valence-electron chi connectivity index (χ0n) is 11.6. The van der Waals surface area contributed by atoms with E-state index in [1.807, 2.05) is 18.2 Å². The minimum atomic E-state index is 0.200. The molecular weight excluding hydrogens is 270 g/mol. The number of hydrogen-bond donors (Lipinski definition) is 0. The largest absolute Gasteiger partial charge is 0.489 e. The molecule has 1 atom stereocenters. The van der Waals surface area contributed by atoms with Crippen LogP contribution in [0.25, 0.3) is 0 Å². The van der Waals surface area contributed by atoms with E-state index in [0.29, 0.717) is 0 Å². The predicted molar refractivity (Wildman–Crippen MR) is 82.1 cm³/mol. The molecule has 0 bridgehead atoms. The van der Waals surface area contributed by atoms with Crippen LogP contribution in [0.5, 0.6) is 5.75 Å². The van der Waals surface area contributed by atoms with Gasteiger partial charge in [-0.15, -0.1) is 0 Å². The van der Waals surface area contributed by atoms with Gasteiger partial charge in [0.15, 0.2) is 0 Å². The minimum absolute atomic E-state index is 0.200. The molecule has 0 N–H and O–H groups in total. The molecule has 0 fully saturated rings. The highest BCUT2D eigenvalue weighted by Gasteiger charge is 2.19. The van der Waals surface area contributed by atoms with Crippen molar-refractivity contribution in [3.8, 4) is 5.75 Å². The Kier molecular flexibility index (Phi) is 3.95. The summed E-state index contributed by atoms with van der Waals surface area (Å²) in [5, 5.41) is 0.784. The predicted octanol–water partition coefficient (Wildman–Crippen LogP) is 4.12. The Balaban J connectivity index is 1.78. The van der Waals surface area contributed by atoms with Gasteiger partial charge in [0.25, 0.3) is 0 Å². The Morgan fingerprint density at radius 3 is 2.70 bits per heavy atom. The maximum absolute atomic E-state index is 5.98. The van der Waals surface area contributed by atoms with Crippen molar-refractivity contribution in [1.82, 2.24) is 4.90 Å². The number of ether oxygens (including phenoxy) is 1. The van der Waals surface area contributed by atoms with Crippen LogP contribution in [-0.4, -0.2) is 17.5 Å². The summed E-state index contributed by atoms with van der Waals surface area (Å²) < 4.78 is 5.98. The molecule has 1 heterocycles. The Morgan fingerprint density at radius 1 is 1.15 bits per heavy atom. The van der Waals surface area contributed by atoms with Crippen LogP contribution in [0.1, 0.15) is 18.1 Å². The Labute approximate surface area is 124 Å². The zero-order chi connectivity index (χ0) is 13.9. The summed E-state index contributed by atoms with van der Waals surface area (Å²) in [6.45, 7) is 4.89. The van der Waals surface area contributed by atoms with E-state index < -0.39 is 0 Å². The average Bonchev–Trinajstić information content (AvgIpc) is 2.58. The first-order valence-electron chi connectivity index (χ1n) is 6.92. The molecule has 2 nitrogen and oxygen atoms in total. The van der Waals surface area contributed by atoms with E-state index in [2.05, 4.69) is 42.2 Å². The number of rotatable bonds is 2. The monoisotopic (exact) mass is 287 g/mol. The van der Waals surface area contributed by atoms with Gasteiger partial charge in [-0.25, -0.2) is 0 Å². The standard InChI is InChI=1S/C17H18ClNO/c1-13-10-19(11-14-6-8-16(18)9-7-14)12-15-4-2-3-5-17(15)20-13/h2-9,13H,10-12H2,1H3/t13-/m0/s1. The van der Waals surface area contributed by atoms with Crippen molar-refractivity contribution in [3.05, 3.63) is 64.7 Å². The van der Waals surface area contributed by atoms with Crippen LogP contribution in [0.15, 0.2) is 48.5 Å². The fourth-order valence-corrected chi connectivity index (χ4v) is 2.77. The van der Waals surface area contributed by atoms with Gasteiger partial charge in [-0.2, -0.15) is 0 Å². The number of fused-ring (bicyclic) bond motifs is 1. The van der Waals surface area contributed by atoms with Crippen molar-refractivity contribution in [2.24, 2.45) is 0 Å². The number of halogens is 1. The van der Waals surface area contributed by atoms with Gasteiger partial charge in [-0.3, -0.25) is 4.90 Å². The third-order valence-corrected chi connectivity index (χ3v) is 3.78. The summed E-state index contributed by atoms with van der Waals surface area (Å²) in [7, 11) is 0. The van der Waals surface area contributed by atoms with Gasteiger partial charge in [0.2, 0.25) is 0 Å². The van der Waals surface area contributed by atoms with Gasteiger partial charge >= 0.3 is 0 Å². The van der Waals surface area contributed by atoms with E-state index in [9.17, 15) is 0 Å². The first-order chi connectivity index (χ1) is 9.70. The smallest absolute Gasteiger partial charge is 0.124 e. The second-order valence-corrected chi connectivity index (χ2v) is 5.77. The van der Waals surface area contributed by atoms with E-state index in [1.165, 1.54) is 11.1 Å². The lowest BCUT2D eigenvalue weighted by Crippen LogP contribution is -2.30. The Morgan fingerprint density at radius 2 is 1.90 bits per heavy atom. The van der Waals surface area contributed by atoms with Gasteiger partial charge in [-0.05, 0) is 30.7 Å². The van der Waals surface area contributed by atoms with Gasteiger partial charge in [0.05, 0.1) is 0 Å². The minimum Gasteiger partial charge on any atom is -0.489 e. The molecule has 2 aromatic rings. The molecule has 3 rings (SSSR count). The molecule has 0 unspecified atom stereocenters. The highest BCUT2D eigenvalue weighted by Crippen LogP contribution is 2.25. The van der Waals surface area contributed by atoms with Crippen molar-refractivity contribution in [2.75, 3.05) is 6.54 Å². The highest BCUT2D eigenvalue weighted by molar-refractivity contribution is 6.30. The lowest BCUT2D eigenvalue weighted by atomic mass is 10.1. The van der Waals surface area contributed by atoms with Crippen LogP contribution in [0.2, 0.25) is 5.02 Å². The molecular formula is C17H18ClNO. The molecule has 0 aromatic heterocycles. The van der Waals surface area contributed by atoms with E-state index in [4.69, 9.17) is 16.3 Å². The van der Waals surface area contributed by atoms with E-state index >= 15 is 0 Å². The molecule has 1 aliphatic rings. The van der Waals surface area contributed by atoms with Gasteiger partial charge in [0.1, 0.15) is 11.9 Å². The SMILES string of the molecule is C[C@H]1CN(Cc2ccc(Cl)cc2)Cc2ccccc2O1. The van der Waals surface area contributed by atoms with Gasteiger partial charge in [-0.1, -0.05) is 41.9 Å². The van der Waals surface area contributed by atoms with Crippen LogP contribution in [-0.2, 0) is 13.1 Å². The first-order valence-corrected chi connectivity index (χ1v) is 7.30. The first kappa shape index (κ1) is 13.5. The van der Waals surface area contributed by atoms with Crippen molar-refractivity contribution in [1.29, 1.82) is 0 Å². The van der Waals surface area contributed by atoms with Crippen LogP contribution < -0.4 is 4.74 Å². The van der Waals surface area contributed by atoms with Crippen molar-refractivity contribution in [2.45, 2.75) is 26.1 Å². The van der Waals surface area contributed by atoms with E-state index in [-0.39, 0.29) is 6.10 Å². The molecule has 104 valence electrons. The molecule has 0 spiro atoms. The quantitative estimate of drug-likeness (QED) is 0.824. The van der Waals surface area contributed by atoms with Crippen molar-refractivity contribution < 1.29 is 4.74 Å². The normalized spacial score (nSPS) is 19.0. The summed E-state index contributed by atoms with van der Waals surface area (Å²) in [5.41, 5.74) is 2.53. The molecule has 20 heavy (non-hydrogen) atoms. The maximum Gasteiger partial charge on any atom is 0.124 e. The fraction of sp³-hybridized carbons (Fsp3) is 0.294. The number of para-hydroxylation sites is 1. The van der Waals surface area contributed by atoms with Crippen molar-refractivity contribution in [3.63, 3.8) is 0 Å². The summed E-state index contributed by atoms with van der Waals surface area (Å²) in [6, 6.07) is 16.4. The molecule has 3 heteroatoms. The number of nitrogens with zero attached hydrogens (tertiary/aromatic N) is 1. The van der Waals surface area contributed by atoms with E-state index in [0.717, 1.165) is 30.4 Å². The van der Waals surface area contributed by atoms with Crippen LogP contribution >= 0.6 is 11.6 Å². The number of benzene rings is 2. The maximum atomic E-state index is 5.98. The zero-order valence-corrected chi connectivity index (χ0v) is 12.3. The summed E-state index contributed by atoms with van der Waals surface area (Å²) in [4.78, 5) is 2.42. The summed E-state index contributed by atoms with van der Waals surface area (Å²) in [5.74, 6) is 1.01. The molecule has 1 aliphatic heterocycles. The summed E-state index contributed by atoms with van der Waals surface area (Å²) >= 11 is 5.94. The molecule has 0 aliphatic carbocycles. The fourth-order valence-electron chi connectivity index (χ4n) is 2.64. The molecule has 0 saturated heterocycles. The van der Waals surface area contributed by atoms with E-state index in [1.54, 1.807) is 0 Å². The third kappa shape index (κ3) is 3.14. The number of hydrogen-bond acceptors (Lipinski definition) is 2. The van der Waals surface area contributed by atoms with Crippen LogP contribution in [0.4, 0.5) is 0 Å². The van der Waals surface area contributed by atoms with Crippen LogP contribution in [0.3, 0.4) is 0 Å². The molecule has 2 aromatic carbocycles. The lowest BCUT2D eigenvalue weighted by molar-refractivity contribution is 0.156. The molecule has 0 radical (unpaired) electrons. The lowest BCUT2D eigenvalue weighted by Gasteiger charge is -2.21. The molecule has 0 saturated carbocycles. The van der Waals surface area contributed by atoms with Gasteiger partial charge < -0.3 is 4.74 Å². The average molecular weight is 288 g/mol. The molecule has 0 amide bonds. The second-order valence-electron chi connectivity index (χ2n) is 5.33. The second kappa shape index (κ2) is 5.86. The Bertz CT molecular complexity index is 582. The van der Waals surface area contributed by atoms with Crippen molar-refractivity contribution >= 4 is 11.6 Å². The van der Waals surface area contributed by atoms with Gasteiger partial charge in [0, 0.05) is 30.2 Å². The summed E-state index contributed by atoms with van der Waals surface area (Å²) in [6.07, 6.45) is 0.200. The topological polar surface area (TPSA) is 12.5 Å². The van der Waals surface area contributed by atoms with Crippen LogP contribution in [0, 0.1) is 0 Å². The third-order valence-electron chi connectivity index (χ3n) is 3.53. The highest BCUT2D eigenvalue weighted by atomic mass is 35.5. The Hall–Kier alpha value is -1.51.